The molecular weight excluding hydrogens is 228 g/mol. The van der Waals surface area contributed by atoms with Crippen molar-refractivity contribution in [3.05, 3.63) is 34.9 Å². The van der Waals surface area contributed by atoms with E-state index >= 15 is 0 Å². The van der Waals surface area contributed by atoms with Crippen molar-refractivity contribution in [1.29, 1.82) is 0 Å². The predicted molar refractivity (Wildman–Crippen MR) is 86.9 cm³/mol. The first kappa shape index (κ1) is 16.3. The standard InChI is InChI=1S/C19H32/c1-4-6-7-8-9-10-11-15-18-16-12-14-17(3)19(18)13-5-2/h12,14,16H,4-11,13,15H2,1-3H3. The van der Waals surface area contributed by atoms with Crippen LogP contribution in [0.25, 0.3) is 0 Å². The Morgan fingerprint density at radius 1 is 0.737 bits per heavy atom. The molecule has 1 rings (SSSR count). The SMILES string of the molecule is CCCCCCCCCc1cccc(C)c1CCC. The van der Waals surface area contributed by atoms with Crippen molar-refractivity contribution in [2.75, 3.05) is 0 Å². The highest BCUT2D eigenvalue weighted by atomic mass is 14.1. The van der Waals surface area contributed by atoms with Gasteiger partial charge in [-0.3, -0.25) is 0 Å². The second kappa shape index (κ2) is 10.1. The van der Waals surface area contributed by atoms with E-state index < -0.39 is 0 Å². The normalized spacial score (nSPS) is 10.9. The number of unbranched alkanes of at least 4 members (excludes halogenated alkanes) is 6. The van der Waals surface area contributed by atoms with Gasteiger partial charge in [-0.05, 0) is 42.9 Å². The lowest BCUT2D eigenvalue weighted by atomic mass is 9.94. The molecule has 0 unspecified atom stereocenters. The van der Waals surface area contributed by atoms with Crippen molar-refractivity contribution in [2.45, 2.75) is 85.0 Å². The lowest BCUT2D eigenvalue weighted by Crippen LogP contribution is -1.97. The monoisotopic (exact) mass is 260 g/mol. The van der Waals surface area contributed by atoms with Crippen LogP contribution in [0.1, 0.15) is 81.9 Å². The number of hydrogen-bond donors (Lipinski definition) is 0. The van der Waals surface area contributed by atoms with E-state index in [0.717, 1.165) is 0 Å². The molecule has 0 saturated carbocycles. The quantitative estimate of drug-likeness (QED) is 0.437. The Kier molecular flexibility index (Phi) is 8.62. The molecular formula is C19H32. The minimum absolute atomic E-state index is 1.25. The zero-order chi connectivity index (χ0) is 13.9. The number of benzene rings is 1. The molecule has 0 aliphatic carbocycles. The lowest BCUT2D eigenvalue weighted by Gasteiger charge is -2.12. The van der Waals surface area contributed by atoms with Gasteiger partial charge in [-0.25, -0.2) is 0 Å². The molecule has 0 aromatic heterocycles. The first-order chi connectivity index (χ1) is 9.29. The summed E-state index contributed by atoms with van der Waals surface area (Å²) in [6.45, 7) is 6.83. The van der Waals surface area contributed by atoms with Crippen LogP contribution in [-0.2, 0) is 12.8 Å². The van der Waals surface area contributed by atoms with Crippen LogP contribution in [-0.4, -0.2) is 0 Å². The Balaban J connectivity index is 2.30. The molecule has 0 aliphatic heterocycles. The van der Waals surface area contributed by atoms with E-state index in [4.69, 9.17) is 0 Å². The van der Waals surface area contributed by atoms with Crippen LogP contribution in [0.4, 0.5) is 0 Å². The van der Waals surface area contributed by atoms with Crippen LogP contribution in [0, 0.1) is 6.92 Å². The molecule has 0 atom stereocenters. The van der Waals surface area contributed by atoms with Gasteiger partial charge < -0.3 is 0 Å². The van der Waals surface area contributed by atoms with Gasteiger partial charge in [0.05, 0.1) is 0 Å². The third kappa shape index (κ3) is 6.27. The molecule has 0 spiro atoms. The van der Waals surface area contributed by atoms with Crippen LogP contribution in [0.15, 0.2) is 18.2 Å². The number of rotatable bonds is 10. The molecule has 0 radical (unpaired) electrons. The van der Waals surface area contributed by atoms with Gasteiger partial charge in [0.25, 0.3) is 0 Å². The van der Waals surface area contributed by atoms with Crippen molar-refractivity contribution < 1.29 is 0 Å². The summed E-state index contributed by atoms with van der Waals surface area (Å²) in [5.41, 5.74) is 4.72. The smallest absolute Gasteiger partial charge is 0.0276 e. The minimum atomic E-state index is 1.25. The van der Waals surface area contributed by atoms with Crippen LogP contribution in [0.5, 0.6) is 0 Å². The van der Waals surface area contributed by atoms with Crippen LogP contribution in [0.3, 0.4) is 0 Å². The van der Waals surface area contributed by atoms with E-state index in [1.165, 1.54) is 69.8 Å². The summed E-state index contributed by atoms with van der Waals surface area (Å²) in [6.07, 6.45) is 13.6. The van der Waals surface area contributed by atoms with Crippen molar-refractivity contribution in [3.63, 3.8) is 0 Å². The first-order valence-electron chi connectivity index (χ1n) is 8.37. The molecule has 0 heteroatoms. The van der Waals surface area contributed by atoms with Gasteiger partial charge in [0.15, 0.2) is 0 Å². The van der Waals surface area contributed by atoms with E-state index in [9.17, 15) is 0 Å². The highest BCUT2D eigenvalue weighted by Crippen LogP contribution is 2.19. The number of aryl methyl sites for hydroxylation is 2. The Morgan fingerprint density at radius 3 is 2.11 bits per heavy atom. The molecule has 0 amide bonds. The zero-order valence-electron chi connectivity index (χ0n) is 13.3. The van der Waals surface area contributed by atoms with Gasteiger partial charge >= 0.3 is 0 Å². The van der Waals surface area contributed by atoms with Gasteiger partial charge in [0, 0.05) is 0 Å². The second-order valence-electron chi connectivity index (χ2n) is 5.83. The molecule has 0 bridgehead atoms. The Morgan fingerprint density at radius 2 is 1.42 bits per heavy atom. The molecule has 0 fully saturated rings. The Bertz CT molecular complexity index is 338. The van der Waals surface area contributed by atoms with Gasteiger partial charge in [-0.2, -0.15) is 0 Å². The van der Waals surface area contributed by atoms with Gasteiger partial charge in [-0.15, -0.1) is 0 Å². The fourth-order valence-electron chi connectivity index (χ4n) is 2.88. The fourth-order valence-corrected chi connectivity index (χ4v) is 2.88. The highest BCUT2D eigenvalue weighted by Gasteiger charge is 2.04. The summed E-state index contributed by atoms with van der Waals surface area (Å²) < 4.78 is 0. The summed E-state index contributed by atoms with van der Waals surface area (Å²) in [5, 5.41) is 0. The molecule has 0 saturated heterocycles. The predicted octanol–water partition coefficient (Wildman–Crippen LogP) is 6.24. The largest absolute Gasteiger partial charge is 0.0654 e. The summed E-state index contributed by atoms with van der Waals surface area (Å²) in [6, 6.07) is 6.83. The summed E-state index contributed by atoms with van der Waals surface area (Å²) in [4.78, 5) is 0. The average molecular weight is 260 g/mol. The van der Waals surface area contributed by atoms with Crippen LogP contribution >= 0.6 is 0 Å². The maximum absolute atomic E-state index is 2.34. The fraction of sp³-hybridized carbons (Fsp3) is 0.684. The summed E-state index contributed by atoms with van der Waals surface area (Å²) >= 11 is 0. The second-order valence-corrected chi connectivity index (χ2v) is 5.83. The molecule has 0 aliphatic rings. The van der Waals surface area contributed by atoms with Crippen LogP contribution in [0.2, 0.25) is 0 Å². The Labute approximate surface area is 120 Å². The average Bonchev–Trinajstić information content (AvgIpc) is 2.41. The highest BCUT2D eigenvalue weighted by molar-refractivity contribution is 5.34. The van der Waals surface area contributed by atoms with Gasteiger partial charge in [0.1, 0.15) is 0 Å². The molecule has 0 heterocycles. The summed E-state index contributed by atoms with van der Waals surface area (Å²) in [5.74, 6) is 0. The van der Waals surface area contributed by atoms with E-state index in [-0.39, 0.29) is 0 Å². The molecule has 0 N–H and O–H groups in total. The van der Waals surface area contributed by atoms with E-state index in [1.807, 2.05) is 0 Å². The van der Waals surface area contributed by atoms with E-state index in [1.54, 1.807) is 11.1 Å². The van der Waals surface area contributed by atoms with Crippen molar-refractivity contribution in [1.82, 2.24) is 0 Å². The van der Waals surface area contributed by atoms with E-state index in [2.05, 4.69) is 39.0 Å². The van der Waals surface area contributed by atoms with Gasteiger partial charge in [0.2, 0.25) is 0 Å². The van der Waals surface area contributed by atoms with E-state index in [0.29, 0.717) is 0 Å². The lowest BCUT2D eigenvalue weighted by molar-refractivity contribution is 0.588. The van der Waals surface area contributed by atoms with Gasteiger partial charge in [-0.1, -0.05) is 77.0 Å². The molecule has 19 heavy (non-hydrogen) atoms. The first-order valence-corrected chi connectivity index (χ1v) is 8.37. The maximum Gasteiger partial charge on any atom is -0.0276 e. The molecule has 1 aromatic carbocycles. The topological polar surface area (TPSA) is 0 Å². The Hall–Kier alpha value is -0.780. The van der Waals surface area contributed by atoms with Crippen LogP contribution < -0.4 is 0 Å². The third-order valence-corrected chi connectivity index (χ3v) is 4.06. The van der Waals surface area contributed by atoms with Crippen molar-refractivity contribution >= 4 is 0 Å². The van der Waals surface area contributed by atoms with Crippen molar-refractivity contribution in [3.8, 4) is 0 Å². The summed E-state index contributed by atoms with van der Waals surface area (Å²) in [7, 11) is 0. The zero-order valence-corrected chi connectivity index (χ0v) is 13.3. The number of hydrogen-bond acceptors (Lipinski definition) is 0. The molecule has 108 valence electrons. The molecule has 1 aromatic rings. The molecule has 0 nitrogen and oxygen atoms in total. The minimum Gasteiger partial charge on any atom is -0.0654 e. The maximum atomic E-state index is 2.34. The third-order valence-electron chi connectivity index (χ3n) is 4.06. The van der Waals surface area contributed by atoms with Crippen molar-refractivity contribution in [2.24, 2.45) is 0 Å².